The predicted molar refractivity (Wildman–Crippen MR) is 81.0 cm³/mol. The van der Waals surface area contributed by atoms with Gasteiger partial charge in [-0.2, -0.15) is 0 Å². The summed E-state index contributed by atoms with van der Waals surface area (Å²) in [5.74, 6) is 2.64. The smallest absolute Gasteiger partial charge is 0.160 e. The van der Waals surface area contributed by atoms with Gasteiger partial charge < -0.3 is 4.57 Å². The van der Waals surface area contributed by atoms with E-state index in [0.717, 1.165) is 28.8 Å². The number of alkyl halides is 1. The third-order valence-corrected chi connectivity index (χ3v) is 4.87. The van der Waals surface area contributed by atoms with Gasteiger partial charge in [0.2, 0.25) is 0 Å². The van der Waals surface area contributed by atoms with Gasteiger partial charge in [0.1, 0.15) is 11.3 Å². The fraction of sp³-hybridized carbons (Fsp3) is 0.625. The van der Waals surface area contributed by atoms with E-state index >= 15 is 0 Å². The summed E-state index contributed by atoms with van der Waals surface area (Å²) >= 11 is 6.42. The molecule has 1 atom stereocenters. The van der Waals surface area contributed by atoms with Gasteiger partial charge in [-0.05, 0) is 63.0 Å². The second kappa shape index (κ2) is 4.45. The molecule has 2 aromatic rings. The van der Waals surface area contributed by atoms with E-state index in [9.17, 15) is 0 Å². The molecule has 0 amide bonds. The molecule has 4 heteroatoms. The van der Waals surface area contributed by atoms with E-state index in [1.54, 1.807) is 0 Å². The van der Waals surface area contributed by atoms with Gasteiger partial charge in [0.15, 0.2) is 5.65 Å². The van der Waals surface area contributed by atoms with Crippen LogP contribution in [0.3, 0.4) is 0 Å². The minimum absolute atomic E-state index is 0.0661. The molecule has 1 unspecified atom stereocenters. The highest BCUT2D eigenvalue weighted by molar-refractivity contribution is 6.20. The molecule has 2 fully saturated rings. The standard InChI is InChI=1S/C16H20ClN3/c1-9-7-8-18-16-13(9)19-15(10(2)17)20(16)14(11-3-4-11)12-5-6-12/h7-8,10-12,14H,3-6H2,1-2H3. The van der Waals surface area contributed by atoms with Gasteiger partial charge in [-0.1, -0.05) is 0 Å². The van der Waals surface area contributed by atoms with Crippen LogP contribution in [0.1, 0.15) is 55.4 Å². The Bertz CT molecular complexity index is 641. The van der Waals surface area contributed by atoms with Crippen molar-refractivity contribution in [2.75, 3.05) is 0 Å². The fourth-order valence-corrected chi connectivity index (χ4v) is 3.54. The van der Waals surface area contributed by atoms with Crippen LogP contribution < -0.4 is 0 Å². The lowest BCUT2D eigenvalue weighted by molar-refractivity contribution is 0.390. The van der Waals surface area contributed by atoms with E-state index in [1.807, 2.05) is 19.2 Å². The molecule has 2 aliphatic carbocycles. The summed E-state index contributed by atoms with van der Waals surface area (Å²) in [7, 11) is 0. The summed E-state index contributed by atoms with van der Waals surface area (Å²) in [6.45, 7) is 4.12. The monoisotopic (exact) mass is 289 g/mol. The maximum absolute atomic E-state index is 6.42. The summed E-state index contributed by atoms with van der Waals surface area (Å²) in [5.41, 5.74) is 3.26. The summed E-state index contributed by atoms with van der Waals surface area (Å²) in [5, 5.41) is -0.0661. The first-order valence-electron chi connectivity index (χ1n) is 7.64. The van der Waals surface area contributed by atoms with Gasteiger partial charge in [-0.15, -0.1) is 11.6 Å². The number of halogens is 1. The molecule has 0 bridgehead atoms. The number of fused-ring (bicyclic) bond motifs is 1. The van der Waals surface area contributed by atoms with Crippen molar-refractivity contribution in [3.05, 3.63) is 23.7 Å². The first-order chi connectivity index (χ1) is 9.66. The number of rotatable bonds is 4. The number of hydrogen-bond donors (Lipinski definition) is 0. The highest BCUT2D eigenvalue weighted by Gasteiger charge is 2.44. The molecule has 3 nitrogen and oxygen atoms in total. The molecule has 2 aromatic heterocycles. The van der Waals surface area contributed by atoms with Gasteiger partial charge in [0.05, 0.1) is 5.38 Å². The molecule has 20 heavy (non-hydrogen) atoms. The Hall–Kier alpha value is -1.09. The Balaban J connectivity index is 1.95. The molecular weight excluding hydrogens is 270 g/mol. The van der Waals surface area contributed by atoms with Crippen molar-refractivity contribution >= 4 is 22.8 Å². The van der Waals surface area contributed by atoms with Crippen LogP contribution in [0.15, 0.2) is 12.3 Å². The van der Waals surface area contributed by atoms with E-state index in [1.165, 1.54) is 31.2 Å². The second-order valence-electron chi connectivity index (χ2n) is 6.42. The number of aromatic nitrogens is 3. The lowest BCUT2D eigenvalue weighted by Gasteiger charge is -2.21. The quantitative estimate of drug-likeness (QED) is 0.781. The first-order valence-corrected chi connectivity index (χ1v) is 8.08. The Kier molecular flexibility index (Phi) is 2.81. The Labute approximate surface area is 124 Å². The molecule has 2 aliphatic rings. The third kappa shape index (κ3) is 1.95. The zero-order valence-electron chi connectivity index (χ0n) is 12.0. The Morgan fingerprint density at radius 1 is 1.25 bits per heavy atom. The summed E-state index contributed by atoms with van der Waals surface area (Å²) in [6, 6.07) is 2.61. The molecule has 4 rings (SSSR count). The normalized spacial score (nSPS) is 20.8. The summed E-state index contributed by atoms with van der Waals surface area (Å²) in [6.07, 6.45) is 7.30. The van der Waals surface area contributed by atoms with Crippen molar-refractivity contribution in [3.8, 4) is 0 Å². The van der Waals surface area contributed by atoms with E-state index in [2.05, 4.69) is 16.5 Å². The molecule has 0 saturated heterocycles. The number of imidazole rings is 1. The van der Waals surface area contributed by atoms with E-state index in [0.29, 0.717) is 6.04 Å². The fourth-order valence-electron chi connectivity index (χ4n) is 3.38. The van der Waals surface area contributed by atoms with Gasteiger partial charge in [-0.25, -0.2) is 9.97 Å². The van der Waals surface area contributed by atoms with Crippen LogP contribution in [0.2, 0.25) is 0 Å². The van der Waals surface area contributed by atoms with Gasteiger partial charge in [-0.3, -0.25) is 0 Å². The molecular formula is C16H20ClN3. The van der Waals surface area contributed by atoms with Crippen molar-refractivity contribution in [3.63, 3.8) is 0 Å². The largest absolute Gasteiger partial charge is 0.308 e. The van der Waals surface area contributed by atoms with E-state index in [-0.39, 0.29) is 5.38 Å². The molecule has 0 radical (unpaired) electrons. The predicted octanol–water partition coefficient (Wildman–Crippen LogP) is 4.40. The Morgan fingerprint density at radius 3 is 2.45 bits per heavy atom. The average molecular weight is 290 g/mol. The third-order valence-electron chi connectivity index (χ3n) is 4.67. The number of nitrogens with zero attached hydrogens (tertiary/aromatic N) is 3. The first kappa shape index (κ1) is 12.6. The molecule has 0 aliphatic heterocycles. The number of pyridine rings is 1. The van der Waals surface area contributed by atoms with Crippen molar-refractivity contribution in [2.45, 2.75) is 50.9 Å². The van der Waals surface area contributed by atoms with Crippen LogP contribution in [-0.2, 0) is 0 Å². The lowest BCUT2D eigenvalue weighted by atomic mass is 10.1. The van der Waals surface area contributed by atoms with Crippen molar-refractivity contribution in [1.29, 1.82) is 0 Å². The summed E-state index contributed by atoms with van der Waals surface area (Å²) < 4.78 is 2.38. The topological polar surface area (TPSA) is 30.7 Å². The van der Waals surface area contributed by atoms with Gasteiger partial charge in [0, 0.05) is 12.2 Å². The number of aryl methyl sites for hydroxylation is 1. The highest BCUT2D eigenvalue weighted by atomic mass is 35.5. The SMILES string of the molecule is Cc1ccnc2c1nc(C(C)Cl)n2C(C1CC1)C1CC1. The van der Waals surface area contributed by atoms with E-state index in [4.69, 9.17) is 16.6 Å². The number of hydrogen-bond acceptors (Lipinski definition) is 2. The zero-order valence-corrected chi connectivity index (χ0v) is 12.8. The van der Waals surface area contributed by atoms with Crippen LogP contribution in [0.5, 0.6) is 0 Å². The maximum atomic E-state index is 6.42. The second-order valence-corrected chi connectivity index (χ2v) is 7.08. The van der Waals surface area contributed by atoms with Gasteiger partial charge in [0.25, 0.3) is 0 Å². The lowest BCUT2D eigenvalue weighted by Crippen LogP contribution is -2.17. The summed E-state index contributed by atoms with van der Waals surface area (Å²) in [4.78, 5) is 9.45. The van der Waals surface area contributed by atoms with Crippen LogP contribution in [0.25, 0.3) is 11.2 Å². The van der Waals surface area contributed by atoms with Crippen LogP contribution in [0.4, 0.5) is 0 Å². The highest BCUT2D eigenvalue weighted by Crippen LogP contribution is 2.53. The zero-order chi connectivity index (χ0) is 13.9. The van der Waals surface area contributed by atoms with Crippen molar-refractivity contribution in [1.82, 2.24) is 14.5 Å². The van der Waals surface area contributed by atoms with Crippen molar-refractivity contribution in [2.24, 2.45) is 11.8 Å². The minimum atomic E-state index is -0.0661. The van der Waals surface area contributed by atoms with Crippen LogP contribution in [-0.4, -0.2) is 14.5 Å². The molecule has 0 aromatic carbocycles. The van der Waals surface area contributed by atoms with Crippen LogP contribution in [0, 0.1) is 18.8 Å². The molecule has 0 N–H and O–H groups in total. The minimum Gasteiger partial charge on any atom is -0.308 e. The maximum Gasteiger partial charge on any atom is 0.160 e. The Morgan fingerprint density at radius 2 is 1.90 bits per heavy atom. The molecule has 2 heterocycles. The molecule has 106 valence electrons. The van der Waals surface area contributed by atoms with Gasteiger partial charge >= 0.3 is 0 Å². The molecule has 0 spiro atoms. The average Bonchev–Trinajstić information content (AvgIpc) is 3.29. The van der Waals surface area contributed by atoms with E-state index < -0.39 is 0 Å². The van der Waals surface area contributed by atoms with Crippen LogP contribution >= 0.6 is 11.6 Å². The molecule has 2 saturated carbocycles. The van der Waals surface area contributed by atoms with Crippen molar-refractivity contribution < 1.29 is 0 Å².